The summed E-state index contributed by atoms with van der Waals surface area (Å²) < 4.78 is 2.56. The maximum atomic E-state index is 2.65. The molecule has 106 heavy (non-hydrogen) atoms. The lowest BCUT2D eigenvalue weighted by molar-refractivity contribution is 0.332. The van der Waals surface area contributed by atoms with Gasteiger partial charge < -0.3 is 14.4 Å². The van der Waals surface area contributed by atoms with Crippen LogP contribution in [0.4, 0.5) is 34.1 Å². The Labute approximate surface area is 635 Å². The lowest BCUT2D eigenvalue weighted by Crippen LogP contribution is -2.61. The summed E-state index contributed by atoms with van der Waals surface area (Å²) in [6, 6.07) is 85.4. The summed E-state index contributed by atoms with van der Waals surface area (Å²) >= 11 is 0. The molecule has 0 fully saturated rings. The fraction of sp³-hybridized carbons (Fsp3) is 0.353. The van der Waals surface area contributed by atoms with E-state index in [1.807, 2.05) is 0 Å². The molecule has 2 aliphatic carbocycles. The predicted octanol–water partition coefficient (Wildman–Crippen LogP) is 26.7. The van der Waals surface area contributed by atoms with Gasteiger partial charge in [0, 0.05) is 50.6 Å². The highest BCUT2D eigenvalue weighted by molar-refractivity contribution is 7.00. The summed E-state index contributed by atoms with van der Waals surface area (Å²) in [6.45, 7) is 54.5. The molecule has 0 saturated heterocycles. The second kappa shape index (κ2) is 24.2. The number of nitrogens with zero attached hydrogens (tertiary/aromatic N) is 3. The van der Waals surface area contributed by atoms with Crippen LogP contribution in [0.5, 0.6) is 0 Å². The zero-order valence-electron chi connectivity index (χ0n) is 68.0. The van der Waals surface area contributed by atoms with Crippen LogP contribution in [0, 0.1) is 0 Å². The van der Waals surface area contributed by atoms with E-state index in [-0.39, 0.29) is 55.4 Å². The standard InChI is InChI=1S/C102H112BN3/c1-94(2,3)71-33-24-65(25-34-71)70-57-91-93-92(58-70)105(77-39-28-64(29-40-77)67-31-43-82-84(55-67)102(22,23)51-49-100(82,18)19)90-62-78(106-87-46-35-72(95(4,5)6)60-79(87)80-61-73(96(7,8)9)36-47-88(80)106)41-45-86(90)103(93)85-44-32-68(69-52-74(97(10,11)12)59-75(53-69)98(13,14)15)56-89(85)104(91)76-37-26-63(27-38-76)66-30-42-81-83(54-66)101(20,21)50-48-99(81,16)17/h24-47,52-62H,48-51H2,1-23H3. The fourth-order valence-electron chi connectivity index (χ4n) is 18.2. The largest absolute Gasteiger partial charge is 0.311 e. The number of hydrogen-bond acceptors (Lipinski definition) is 2. The minimum atomic E-state index is -0.138. The number of anilines is 6. The van der Waals surface area contributed by atoms with Crippen LogP contribution >= 0.6 is 0 Å². The Bertz CT molecular complexity index is 5430. The molecule has 0 radical (unpaired) electrons. The normalized spacial score (nSPS) is 16.5. The molecule has 2 aliphatic heterocycles. The first-order valence-corrected chi connectivity index (χ1v) is 39.6. The first-order chi connectivity index (χ1) is 49.6. The fourth-order valence-corrected chi connectivity index (χ4v) is 18.2. The highest BCUT2D eigenvalue weighted by Crippen LogP contribution is 2.53. The van der Waals surface area contributed by atoms with Crippen molar-refractivity contribution < 1.29 is 0 Å². The van der Waals surface area contributed by atoms with Crippen molar-refractivity contribution in [2.75, 3.05) is 9.80 Å². The molecule has 3 nitrogen and oxygen atoms in total. The molecule has 538 valence electrons. The smallest absolute Gasteiger partial charge is 0.252 e. The van der Waals surface area contributed by atoms with Gasteiger partial charge in [0.1, 0.15) is 0 Å². The van der Waals surface area contributed by atoms with Gasteiger partial charge in [-0.25, -0.2) is 0 Å². The summed E-state index contributed by atoms with van der Waals surface area (Å²) in [5.74, 6) is 0. The van der Waals surface area contributed by atoms with Crippen molar-refractivity contribution in [2.45, 2.75) is 234 Å². The van der Waals surface area contributed by atoms with Crippen molar-refractivity contribution >= 4 is 79.0 Å². The second-order valence-corrected chi connectivity index (χ2v) is 40.1. The Kier molecular flexibility index (Phi) is 16.2. The Morgan fingerprint density at radius 2 is 0.575 bits per heavy atom. The second-order valence-electron chi connectivity index (χ2n) is 40.1. The molecule has 4 aliphatic rings. The highest BCUT2D eigenvalue weighted by Gasteiger charge is 2.45. The summed E-state index contributed by atoms with van der Waals surface area (Å²) in [4.78, 5) is 5.30. The molecule has 1 aromatic heterocycles. The molecule has 4 heteroatoms. The lowest BCUT2D eigenvalue weighted by Gasteiger charge is -2.45. The summed E-state index contributed by atoms with van der Waals surface area (Å²) in [5.41, 5.74) is 37.1. The highest BCUT2D eigenvalue weighted by atomic mass is 15.2. The maximum Gasteiger partial charge on any atom is 0.252 e. The molecule has 16 rings (SSSR count). The Hall–Kier alpha value is -9.12. The van der Waals surface area contributed by atoms with Gasteiger partial charge in [-0.05, 0) is 264 Å². The minimum absolute atomic E-state index is 0.0136. The van der Waals surface area contributed by atoms with E-state index in [4.69, 9.17) is 0 Å². The van der Waals surface area contributed by atoms with Gasteiger partial charge in [0.05, 0.1) is 11.0 Å². The van der Waals surface area contributed by atoms with Crippen LogP contribution in [-0.2, 0) is 48.7 Å². The van der Waals surface area contributed by atoms with Gasteiger partial charge in [-0.15, -0.1) is 0 Å². The average molecular weight is 1390 g/mol. The van der Waals surface area contributed by atoms with Crippen molar-refractivity contribution in [3.63, 3.8) is 0 Å². The molecule has 0 atom stereocenters. The first-order valence-electron chi connectivity index (χ1n) is 39.6. The van der Waals surface area contributed by atoms with Gasteiger partial charge in [0.25, 0.3) is 6.71 Å². The third kappa shape index (κ3) is 12.1. The van der Waals surface area contributed by atoms with Crippen LogP contribution < -0.4 is 26.2 Å². The topological polar surface area (TPSA) is 11.4 Å². The number of fused-ring (bicyclic) bond motifs is 9. The van der Waals surface area contributed by atoms with Gasteiger partial charge in [-0.2, -0.15) is 0 Å². The molecule has 3 heterocycles. The van der Waals surface area contributed by atoms with Crippen LogP contribution in [0.15, 0.2) is 212 Å². The molecule has 0 unspecified atom stereocenters. The predicted molar refractivity (Wildman–Crippen MR) is 461 cm³/mol. The lowest BCUT2D eigenvalue weighted by atomic mass is 9.33. The summed E-state index contributed by atoms with van der Waals surface area (Å²) in [7, 11) is 0. The van der Waals surface area contributed by atoms with E-state index in [1.165, 1.54) is 181 Å². The van der Waals surface area contributed by atoms with Gasteiger partial charge in [-0.1, -0.05) is 293 Å². The number of benzene rings is 11. The van der Waals surface area contributed by atoms with Crippen LogP contribution in [0.25, 0.3) is 72.0 Å². The van der Waals surface area contributed by atoms with Crippen molar-refractivity contribution in [1.29, 1.82) is 0 Å². The third-order valence-electron chi connectivity index (χ3n) is 25.5. The van der Waals surface area contributed by atoms with Gasteiger partial charge >= 0.3 is 0 Å². The average Bonchev–Trinajstić information content (AvgIpc) is 0.769. The molecule has 0 bridgehead atoms. The van der Waals surface area contributed by atoms with E-state index in [0.717, 1.165) is 17.1 Å². The van der Waals surface area contributed by atoms with E-state index >= 15 is 0 Å². The molecule has 12 aromatic rings. The number of hydrogen-bond donors (Lipinski definition) is 0. The number of aromatic nitrogens is 1. The van der Waals surface area contributed by atoms with Gasteiger partial charge in [-0.3, -0.25) is 0 Å². The Morgan fingerprint density at radius 3 is 1.00 bits per heavy atom. The van der Waals surface area contributed by atoms with E-state index < -0.39 is 0 Å². The van der Waals surface area contributed by atoms with Crippen LogP contribution in [0.3, 0.4) is 0 Å². The molecular formula is C102H112BN3. The molecule has 0 saturated carbocycles. The molecule has 0 amide bonds. The van der Waals surface area contributed by atoms with E-state index in [1.54, 1.807) is 0 Å². The van der Waals surface area contributed by atoms with E-state index in [9.17, 15) is 0 Å². The molecule has 11 aromatic carbocycles. The van der Waals surface area contributed by atoms with Crippen LogP contribution in [0.1, 0.15) is 235 Å². The van der Waals surface area contributed by atoms with Gasteiger partial charge in [0.15, 0.2) is 0 Å². The molecule has 0 N–H and O–H groups in total. The third-order valence-corrected chi connectivity index (χ3v) is 25.5. The molecule has 0 spiro atoms. The summed E-state index contributed by atoms with van der Waals surface area (Å²) in [5, 5.41) is 2.57. The first kappa shape index (κ1) is 71.2. The Balaban J connectivity index is 0.977. The monoisotopic (exact) mass is 1390 g/mol. The van der Waals surface area contributed by atoms with Crippen LogP contribution in [-0.4, -0.2) is 11.3 Å². The van der Waals surface area contributed by atoms with Crippen molar-refractivity contribution in [1.82, 2.24) is 4.57 Å². The zero-order chi connectivity index (χ0) is 75.3. The van der Waals surface area contributed by atoms with E-state index in [2.05, 4.69) is 386 Å². The maximum absolute atomic E-state index is 2.65. The SMILES string of the molecule is CC(C)(C)c1ccc(-c2cc3c4c(c2)N(c2ccc(-c5ccc6c(c5)C(C)(C)CCC6(C)C)cc2)c2cc(-n5c6ccc(C(C)(C)C)cc6c6cc(C(C)(C)C)ccc65)ccc2B4c2ccc(-c4cc(C(C)(C)C)cc(C(C)(C)C)c4)cc2N3c2ccc(-c3ccc4c(c3)C(C)(C)CCC4(C)C)cc2)cc1. The summed E-state index contributed by atoms with van der Waals surface area (Å²) in [6.07, 6.45) is 4.73. The quantitative estimate of drug-likeness (QED) is 0.147. The van der Waals surface area contributed by atoms with Crippen molar-refractivity contribution in [2.24, 2.45) is 0 Å². The van der Waals surface area contributed by atoms with Crippen LogP contribution in [0.2, 0.25) is 0 Å². The van der Waals surface area contributed by atoms with E-state index in [0.29, 0.717) is 0 Å². The Morgan fingerprint density at radius 1 is 0.255 bits per heavy atom. The minimum Gasteiger partial charge on any atom is -0.311 e. The van der Waals surface area contributed by atoms with Crippen molar-refractivity contribution in [3.8, 4) is 50.2 Å². The zero-order valence-corrected chi connectivity index (χ0v) is 68.0. The van der Waals surface area contributed by atoms with Crippen molar-refractivity contribution in [3.05, 3.63) is 262 Å². The number of rotatable bonds is 7. The van der Waals surface area contributed by atoms with Gasteiger partial charge in [0.2, 0.25) is 0 Å². The molecular weight excluding hydrogens is 1280 g/mol.